The van der Waals surface area contributed by atoms with E-state index in [1.807, 2.05) is 12.3 Å². The minimum atomic E-state index is 0.152. The predicted molar refractivity (Wildman–Crippen MR) is 51.3 cm³/mol. The summed E-state index contributed by atoms with van der Waals surface area (Å²) in [5, 5.41) is 0. The number of nitrogens with one attached hydrogen (secondary N) is 1. The maximum atomic E-state index is 6.13. The Kier molecular flexibility index (Phi) is 2.66. The van der Waals surface area contributed by atoms with E-state index in [0.29, 0.717) is 5.92 Å². The molecule has 1 aliphatic heterocycles. The minimum Gasteiger partial charge on any atom is -0.381 e. The molecule has 2 heterocycles. The van der Waals surface area contributed by atoms with Crippen LogP contribution in [0.1, 0.15) is 24.6 Å². The molecule has 0 aliphatic carbocycles. The third-order valence-electron chi connectivity index (χ3n) is 2.75. The zero-order valence-corrected chi connectivity index (χ0v) is 7.70. The molecule has 0 bridgehead atoms. The summed E-state index contributed by atoms with van der Waals surface area (Å²) >= 11 is 0. The van der Waals surface area contributed by atoms with Gasteiger partial charge >= 0.3 is 0 Å². The molecule has 0 amide bonds. The van der Waals surface area contributed by atoms with Gasteiger partial charge < -0.3 is 15.5 Å². The normalized spacial score (nSPS) is 21.6. The number of ether oxygens (including phenoxy) is 1. The molecule has 1 fully saturated rings. The van der Waals surface area contributed by atoms with Crippen molar-refractivity contribution in [3.05, 3.63) is 24.0 Å². The second kappa shape index (κ2) is 3.94. The Bertz CT molecular complexity index is 239. The van der Waals surface area contributed by atoms with Gasteiger partial charge in [0.25, 0.3) is 0 Å². The largest absolute Gasteiger partial charge is 0.381 e. The molecular weight excluding hydrogens is 164 g/mol. The van der Waals surface area contributed by atoms with Crippen LogP contribution in [0.2, 0.25) is 0 Å². The molecule has 2 rings (SSSR count). The third kappa shape index (κ3) is 1.92. The second-order valence-electron chi connectivity index (χ2n) is 3.60. The molecule has 0 spiro atoms. The van der Waals surface area contributed by atoms with Crippen LogP contribution in [0.5, 0.6) is 0 Å². The van der Waals surface area contributed by atoms with E-state index in [9.17, 15) is 0 Å². The standard InChI is InChI=1S/C10H16N2O/c11-10(9-2-1-5-12-9)8-3-6-13-7-4-8/h1-2,5,8,10,12H,3-4,6-7,11H2/t10-/m1/s1. The summed E-state index contributed by atoms with van der Waals surface area (Å²) in [6.07, 6.45) is 4.09. The van der Waals surface area contributed by atoms with Crippen molar-refractivity contribution in [2.45, 2.75) is 18.9 Å². The van der Waals surface area contributed by atoms with Crippen LogP contribution in [0, 0.1) is 5.92 Å². The summed E-state index contributed by atoms with van der Waals surface area (Å²) in [4.78, 5) is 3.17. The van der Waals surface area contributed by atoms with Gasteiger partial charge in [-0.1, -0.05) is 0 Å². The van der Waals surface area contributed by atoms with Crippen molar-refractivity contribution in [3.63, 3.8) is 0 Å². The molecule has 0 aromatic carbocycles. The Hall–Kier alpha value is -0.800. The Morgan fingerprint density at radius 3 is 2.85 bits per heavy atom. The smallest absolute Gasteiger partial charge is 0.0478 e. The quantitative estimate of drug-likeness (QED) is 0.723. The summed E-state index contributed by atoms with van der Waals surface area (Å²) < 4.78 is 5.30. The number of hydrogen-bond acceptors (Lipinski definition) is 2. The van der Waals surface area contributed by atoms with Gasteiger partial charge in [0.1, 0.15) is 0 Å². The molecule has 3 nitrogen and oxygen atoms in total. The van der Waals surface area contributed by atoms with Crippen LogP contribution in [0.3, 0.4) is 0 Å². The number of aromatic nitrogens is 1. The van der Waals surface area contributed by atoms with Crippen molar-refractivity contribution in [2.75, 3.05) is 13.2 Å². The van der Waals surface area contributed by atoms with Gasteiger partial charge in [0.15, 0.2) is 0 Å². The van der Waals surface area contributed by atoms with Crippen LogP contribution in [-0.4, -0.2) is 18.2 Å². The monoisotopic (exact) mass is 180 g/mol. The lowest BCUT2D eigenvalue weighted by Gasteiger charge is -2.26. The third-order valence-corrected chi connectivity index (χ3v) is 2.75. The highest BCUT2D eigenvalue weighted by atomic mass is 16.5. The van der Waals surface area contributed by atoms with E-state index in [1.165, 1.54) is 0 Å². The van der Waals surface area contributed by atoms with Crippen molar-refractivity contribution in [1.29, 1.82) is 0 Å². The van der Waals surface area contributed by atoms with Gasteiger partial charge in [0.05, 0.1) is 0 Å². The van der Waals surface area contributed by atoms with Crippen molar-refractivity contribution in [3.8, 4) is 0 Å². The van der Waals surface area contributed by atoms with Gasteiger partial charge in [-0.05, 0) is 30.9 Å². The molecule has 0 unspecified atom stereocenters. The number of aromatic amines is 1. The fourth-order valence-electron chi connectivity index (χ4n) is 1.88. The first-order chi connectivity index (χ1) is 6.38. The number of nitrogens with two attached hydrogens (primary N) is 1. The van der Waals surface area contributed by atoms with Gasteiger partial charge in [-0.15, -0.1) is 0 Å². The Morgan fingerprint density at radius 1 is 1.46 bits per heavy atom. The molecule has 0 saturated carbocycles. The molecule has 13 heavy (non-hydrogen) atoms. The molecule has 1 aliphatic rings. The predicted octanol–water partition coefficient (Wildman–Crippen LogP) is 1.44. The Morgan fingerprint density at radius 2 is 2.23 bits per heavy atom. The lowest BCUT2D eigenvalue weighted by Crippen LogP contribution is -2.27. The molecule has 1 saturated heterocycles. The lowest BCUT2D eigenvalue weighted by molar-refractivity contribution is 0.0580. The van der Waals surface area contributed by atoms with Gasteiger partial charge in [-0.2, -0.15) is 0 Å². The number of hydrogen-bond donors (Lipinski definition) is 2. The van der Waals surface area contributed by atoms with E-state index >= 15 is 0 Å². The van der Waals surface area contributed by atoms with E-state index < -0.39 is 0 Å². The maximum Gasteiger partial charge on any atom is 0.0478 e. The van der Waals surface area contributed by atoms with Crippen LogP contribution in [0.25, 0.3) is 0 Å². The average molecular weight is 180 g/mol. The van der Waals surface area contributed by atoms with E-state index in [-0.39, 0.29) is 6.04 Å². The summed E-state index contributed by atoms with van der Waals surface area (Å²) in [5.41, 5.74) is 7.27. The molecule has 1 atom stereocenters. The van der Waals surface area contributed by atoms with Crippen molar-refractivity contribution < 1.29 is 4.74 Å². The zero-order chi connectivity index (χ0) is 9.10. The fourth-order valence-corrected chi connectivity index (χ4v) is 1.88. The lowest BCUT2D eigenvalue weighted by atomic mass is 9.90. The van der Waals surface area contributed by atoms with Crippen LogP contribution in [-0.2, 0) is 4.74 Å². The molecule has 1 aromatic heterocycles. The van der Waals surface area contributed by atoms with Crippen LogP contribution < -0.4 is 5.73 Å². The van der Waals surface area contributed by atoms with Gasteiger partial charge in [0, 0.05) is 31.1 Å². The van der Waals surface area contributed by atoms with E-state index in [4.69, 9.17) is 10.5 Å². The second-order valence-corrected chi connectivity index (χ2v) is 3.60. The Balaban J connectivity index is 1.99. The fraction of sp³-hybridized carbons (Fsp3) is 0.600. The maximum absolute atomic E-state index is 6.13. The molecule has 72 valence electrons. The highest BCUT2D eigenvalue weighted by Crippen LogP contribution is 2.26. The first-order valence-electron chi connectivity index (χ1n) is 4.84. The van der Waals surface area contributed by atoms with Gasteiger partial charge in [-0.25, -0.2) is 0 Å². The highest BCUT2D eigenvalue weighted by Gasteiger charge is 2.22. The number of H-pyrrole nitrogens is 1. The van der Waals surface area contributed by atoms with Crippen molar-refractivity contribution in [1.82, 2.24) is 4.98 Å². The zero-order valence-electron chi connectivity index (χ0n) is 7.70. The molecule has 1 aromatic rings. The molecule has 3 heteroatoms. The first-order valence-corrected chi connectivity index (χ1v) is 4.84. The van der Waals surface area contributed by atoms with Gasteiger partial charge in [-0.3, -0.25) is 0 Å². The minimum absolute atomic E-state index is 0.152. The topological polar surface area (TPSA) is 51.0 Å². The van der Waals surface area contributed by atoms with Crippen LogP contribution in [0.4, 0.5) is 0 Å². The highest BCUT2D eigenvalue weighted by molar-refractivity contribution is 5.09. The van der Waals surface area contributed by atoms with E-state index in [0.717, 1.165) is 31.7 Å². The summed E-state index contributed by atoms with van der Waals surface area (Å²) in [6.45, 7) is 1.72. The van der Waals surface area contributed by atoms with Crippen LogP contribution in [0.15, 0.2) is 18.3 Å². The summed E-state index contributed by atoms with van der Waals surface area (Å²) in [5.74, 6) is 0.576. The van der Waals surface area contributed by atoms with E-state index in [1.54, 1.807) is 0 Å². The number of rotatable bonds is 2. The van der Waals surface area contributed by atoms with Crippen molar-refractivity contribution >= 4 is 0 Å². The SMILES string of the molecule is N[C@@H](c1ccc[nH]1)C1CCOCC1. The van der Waals surface area contributed by atoms with Crippen molar-refractivity contribution in [2.24, 2.45) is 11.7 Å². The first kappa shape index (κ1) is 8.78. The van der Waals surface area contributed by atoms with Crippen LogP contribution >= 0.6 is 0 Å². The Labute approximate surface area is 78.3 Å². The molecule has 0 radical (unpaired) electrons. The van der Waals surface area contributed by atoms with Gasteiger partial charge in [0.2, 0.25) is 0 Å². The molecular formula is C10H16N2O. The van der Waals surface area contributed by atoms with E-state index in [2.05, 4.69) is 11.1 Å². The summed E-state index contributed by atoms with van der Waals surface area (Å²) in [7, 11) is 0. The molecule has 3 N–H and O–H groups in total. The summed E-state index contributed by atoms with van der Waals surface area (Å²) in [6, 6.07) is 4.20. The average Bonchev–Trinajstić information content (AvgIpc) is 2.71.